The van der Waals surface area contributed by atoms with Gasteiger partial charge in [0.15, 0.2) is 0 Å². The Bertz CT molecular complexity index is 675. The van der Waals surface area contributed by atoms with Crippen molar-refractivity contribution in [2.45, 2.75) is 32.4 Å². The molecule has 1 aliphatic carbocycles. The molecule has 2 aromatic carbocycles. The van der Waals surface area contributed by atoms with Gasteiger partial charge < -0.3 is 16.4 Å². The van der Waals surface area contributed by atoms with Crippen LogP contribution in [-0.4, -0.2) is 18.1 Å². The van der Waals surface area contributed by atoms with Crippen LogP contribution in [0, 0.1) is 5.41 Å². The summed E-state index contributed by atoms with van der Waals surface area (Å²) in [5, 5.41) is 8.12. The van der Waals surface area contributed by atoms with Gasteiger partial charge in [-0.2, -0.15) is 0 Å². The fourth-order valence-corrected chi connectivity index (χ4v) is 2.86. The van der Waals surface area contributed by atoms with Crippen LogP contribution in [0.25, 0.3) is 10.8 Å². The zero-order valence-electron chi connectivity index (χ0n) is 12.4. The summed E-state index contributed by atoms with van der Waals surface area (Å²) in [7, 11) is 0. The highest BCUT2D eigenvalue weighted by Gasteiger charge is 2.46. The molecule has 0 spiro atoms. The van der Waals surface area contributed by atoms with Crippen LogP contribution >= 0.6 is 0 Å². The van der Waals surface area contributed by atoms with E-state index in [1.165, 1.54) is 0 Å². The molecule has 0 aliphatic heterocycles. The van der Waals surface area contributed by atoms with Gasteiger partial charge in [-0.15, -0.1) is 0 Å². The largest absolute Gasteiger partial charge is 0.334 e. The van der Waals surface area contributed by atoms with Crippen molar-refractivity contribution in [2.75, 3.05) is 5.32 Å². The Morgan fingerprint density at radius 2 is 1.90 bits per heavy atom. The number of carbonyl (C=O) groups excluding carboxylic acids is 1. The number of urea groups is 1. The van der Waals surface area contributed by atoms with Crippen molar-refractivity contribution in [3.05, 3.63) is 42.5 Å². The highest BCUT2D eigenvalue weighted by molar-refractivity contribution is 6.01. The summed E-state index contributed by atoms with van der Waals surface area (Å²) in [6.45, 7) is 4.17. The molecule has 0 saturated heterocycles. The highest BCUT2D eigenvalue weighted by atomic mass is 16.2. The maximum absolute atomic E-state index is 12.2. The zero-order chi connectivity index (χ0) is 15.0. The molecule has 2 aromatic rings. The molecule has 4 nitrogen and oxygen atoms in total. The number of carbonyl (C=O) groups is 1. The average molecular weight is 283 g/mol. The Morgan fingerprint density at radius 3 is 2.62 bits per heavy atom. The van der Waals surface area contributed by atoms with Gasteiger partial charge in [-0.05, 0) is 17.9 Å². The molecule has 1 aliphatic rings. The number of nitrogens with one attached hydrogen (secondary N) is 2. The van der Waals surface area contributed by atoms with Crippen LogP contribution in [0.3, 0.4) is 0 Å². The van der Waals surface area contributed by atoms with E-state index in [9.17, 15) is 4.79 Å². The highest BCUT2D eigenvalue weighted by Crippen LogP contribution is 2.39. The number of rotatable bonds is 2. The Kier molecular flexibility index (Phi) is 3.33. The van der Waals surface area contributed by atoms with Crippen molar-refractivity contribution in [3.63, 3.8) is 0 Å². The van der Waals surface area contributed by atoms with E-state index in [0.29, 0.717) is 0 Å². The number of amides is 2. The summed E-state index contributed by atoms with van der Waals surface area (Å²) in [5.74, 6) is 0. The molecular formula is C17H21N3O. The van der Waals surface area contributed by atoms with E-state index < -0.39 is 0 Å². The summed E-state index contributed by atoms with van der Waals surface area (Å²) in [4.78, 5) is 12.2. The van der Waals surface area contributed by atoms with Gasteiger partial charge in [0.1, 0.15) is 0 Å². The SMILES string of the molecule is CC1(C)C(N)CC1NC(=O)Nc1cccc2ccccc12. The van der Waals surface area contributed by atoms with Gasteiger partial charge in [-0.3, -0.25) is 0 Å². The number of benzene rings is 2. The van der Waals surface area contributed by atoms with Gasteiger partial charge in [-0.25, -0.2) is 4.79 Å². The van der Waals surface area contributed by atoms with Crippen LogP contribution in [0.5, 0.6) is 0 Å². The van der Waals surface area contributed by atoms with Crippen LogP contribution in [0.1, 0.15) is 20.3 Å². The van der Waals surface area contributed by atoms with Gasteiger partial charge in [0.05, 0.1) is 5.69 Å². The monoisotopic (exact) mass is 283 g/mol. The third kappa shape index (κ3) is 2.47. The number of nitrogens with two attached hydrogens (primary N) is 1. The van der Waals surface area contributed by atoms with Crippen LogP contribution in [0.15, 0.2) is 42.5 Å². The molecule has 0 bridgehead atoms. The van der Waals surface area contributed by atoms with E-state index in [1.54, 1.807) is 0 Å². The van der Waals surface area contributed by atoms with Crippen LogP contribution < -0.4 is 16.4 Å². The zero-order valence-corrected chi connectivity index (χ0v) is 12.4. The molecule has 0 aromatic heterocycles. The fraction of sp³-hybridized carbons (Fsp3) is 0.353. The predicted molar refractivity (Wildman–Crippen MR) is 86.3 cm³/mol. The Labute approximate surface area is 124 Å². The molecule has 1 fully saturated rings. The Hall–Kier alpha value is -2.07. The summed E-state index contributed by atoms with van der Waals surface area (Å²) < 4.78 is 0. The lowest BCUT2D eigenvalue weighted by Gasteiger charge is -2.50. The summed E-state index contributed by atoms with van der Waals surface area (Å²) in [6.07, 6.45) is 0.829. The van der Waals surface area contributed by atoms with E-state index >= 15 is 0 Å². The second-order valence-electron chi connectivity index (χ2n) is 6.34. The molecule has 2 amide bonds. The topological polar surface area (TPSA) is 67.1 Å². The van der Waals surface area contributed by atoms with E-state index in [0.717, 1.165) is 22.9 Å². The number of anilines is 1. The molecule has 4 heteroatoms. The first kappa shape index (κ1) is 13.9. The first-order chi connectivity index (χ1) is 9.98. The quantitative estimate of drug-likeness (QED) is 0.793. The molecule has 3 rings (SSSR count). The first-order valence-corrected chi connectivity index (χ1v) is 7.29. The van der Waals surface area contributed by atoms with E-state index in [-0.39, 0.29) is 23.5 Å². The van der Waals surface area contributed by atoms with Crippen molar-refractivity contribution < 1.29 is 4.79 Å². The fourth-order valence-electron chi connectivity index (χ4n) is 2.86. The third-order valence-electron chi connectivity index (χ3n) is 4.69. The summed E-state index contributed by atoms with van der Waals surface area (Å²) in [6, 6.07) is 14.0. The summed E-state index contributed by atoms with van der Waals surface area (Å²) in [5.41, 5.74) is 6.76. The summed E-state index contributed by atoms with van der Waals surface area (Å²) >= 11 is 0. The predicted octanol–water partition coefficient (Wildman–Crippen LogP) is 3.09. The van der Waals surface area contributed by atoms with E-state index in [1.807, 2.05) is 42.5 Å². The molecule has 2 unspecified atom stereocenters. The van der Waals surface area contributed by atoms with Gasteiger partial charge in [0, 0.05) is 22.9 Å². The molecule has 110 valence electrons. The van der Waals surface area contributed by atoms with Gasteiger partial charge in [0.25, 0.3) is 0 Å². The van der Waals surface area contributed by atoms with Gasteiger partial charge in [-0.1, -0.05) is 50.2 Å². The Morgan fingerprint density at radius 1 is 1.19 bits per heavy atom. The minimum absolute atomic E-state index is 0.0455. The molecule has 1 saturated carbocycles. The van der Waals surface area contributed by atoms with Crippen LogP contribution in [-0.2, 0) is 0 Å². The van der Waals surface area contributed by atoms with Crippen LogP contribution in [0.2, 0.25) is 0 Å². The van der Waals surface area contributed by atoms with E-state index in [4.69, 9.17) is 5.73 Å². The van der Waals surface area contributed by atoms with Gasteiger partial charge in [0.2, 0.25) is 0 Å². The minimum Gasteiger partial charge on any atom is -0.334 e. The second-order valence-corrected chi connectivity index (χ2v) is 6.34. The normalized spacial score (nSPS) is 23.4. The molecule has 21 heavy (non-hydrogen) atoms. The lowest BCUT2D eigenvalue weighted by Crippen LogP contribution is -2.64. The van der Waals surface area contributed by atoms with Crippen molar-refractivity contribution in [3.8, 4) is 0 Å². The number of hydrogen-bond acceptors (Lipinski definition) is 2. The van der Waals surface area contributed by atoms with Crippen molar-refractivity contribution >= 4 is 22.5 Å². The third-order valence-corrected chi connectivity index (χ3v) is 4.69. The Balaban J connectivity index is 1.73. The molecule has 0 radical (unpaired) electrons. The molecule has 4 N–H and O–H groups in total. The lowest BCUT2D eigenvalue weighted by molar-refractivity contribution is 0.0815. The molecule has 2 atom stereocenters. The smallest absolute Gasteiger partial charge is 0.319 e. The maximum Gasteiger partial charge on any atom is 0.319 e. The standard InChI is InChI=1S/C17H21N3O/c1-17(2)14(18)10-15(17)20-16(21)19-13-9-5-7-11-6-3-4-8-12(11)13/h3-9,14-15H,10,18H2,1-2H3,(H2,19,20,21). The number of hydrogen-bond donors (Lipinski definition) is 3. The second kappa shape index (κ2) is 5.04. The average Bonchev–Trinajstić information content (AvgIpc) is 2.47. The van der Waals surface area contributed by atoms with E-state index in [2.05, 4.69) is 24.5 Å². The van der Waals surface area contributed by atoms with Crippen molar-refractivity contribution in [1.29, 1.82) is 0 Å². The molecular weight excluding hydrogens is 262 g/mol. The maximum atomic E-state index is 12.2. The van der Waals surface area contributed by atoms with Gasteiger partial charge >= 0.3 is 6.03 Å². The lowest BCUT2D eigenvalue weighted by atomic mass is 9.63. The van der Waals surface area contributed by atoms with Crippen molar-refractivity contribution in [2.24, 2.45) is 11.1 Å². The van der Waals surface area contributed by atoms with Crippen LogP contribution in [0.4, 0.5) is 10.5 Å². The minimum atomic E-state index is -0.170. The first-order valence-electron chi connectivity index (χ1n) is 7.29. The molecule has 0 heterocycles. The number of fused-ring (bicyclic) bond motifs is 1. The van der Waals surface area contributed by atoms with Crippen molar-refractivity contribution in [1.82, 2.24) is 5.32 Å².